The van der Waals surface area contributed by atoms with Crippen LogP contribution in [0.3, 0.4) is 0 Å². The number of aromatic nitrogens is 2. The van der Waals surface area contributed by atoms with Crippen LogP contribution in [0.5, 0.6) is 5.75 Å². The van der Waals surface area contributed by atoms with E-state index in [4.69, 9.17) is 4.74 Å². The summed E-state index contributed by atoms with van der Waals surface area (Å²) in [6.45, 7) is 8.44. The third-order valence-electron chi connectivity index (χ3n) is 8.04. The first-order chi connectivity index (χ1) is 16.0. The Morgan fingerprint density at radius 1 is 0.970 bits per heavy atom. The lowest BCUT2D eigenvalue weighted by Crippen LogP contribution is -2.50. The lowest BCUT2D eigenvalue weighted by Gasteiger charge is -2.39. The second kappa shape index (κ2) is 8.92. The van der Waals surface area contributed by atoms with Crippen LogP contribution in [0.2, 0.25) is 0 Å². The van der Waals surface area contributed by atoms with Crippen molar-refractivity contribution in [3.63, 3.8) is 0 Å². The molecule has 1 aromatic carbocycles. The van der Waals surface area contributed by atoms with Crippen LogP contribution in [0.4, 0.5) is 0 Å². The monoisotopic (exact) mass is 452 g/mol. The zero-order valence-corrected chi connectivity index (χ0v) is 20.0. The molecule has 1 aromatic heterocycles. The molecule has 7 heteroatoms. The van der Waals surface area contributed by atoms with Crippen molar-refractivity contribution in [2.45, 2.75) is 45.1 Å². The molecule has 1 aliphatic heterocycles. The second-order valence-corrected chi connectivity index (χ2v) is 10.1. The SMILES string of the molecule is C=C(C1CC1)N1CCN(C(=O)C2CCC(Cn3c(=O)n(C)c4ccc(OC)cc43)CC2)CC1. The van der Waals surface area contributed by atoms with Crippen LogP contribution in [0, 0.1) is 17.8 Å². The van der Waals surface area contributed by atoms with Crippen molar-refractivity contribution in [2.75, 3.05) is 33.3 Å². The predicted molar refractivity (Wildman–Crippen MR) is 129 cm³/mol. The molecule has 0 spiro atoms. The van der Waals surface area contributed by atoms with Gasteiger partial charge in [0, 0.05) is 57.5 Å². The largest absolute Gasteiger partial charge is 0.497 e. The Kier molecular flexibility index (Phi) is 5.97. The summed E-state index contributed by atoms with van der Waals surface area (Å²) in [6.07, 6.45) is 6.37. The Morgan fingerprint density at radius 3 is 2.24 bits per heavy atom. The zero-order valence-electron chi connectivity index (χ0n) is 20.0. The molecular weight excluding hydrogens is 416 g/mol. The van der Waals surface area contributed by atoms with Gasteiger partial charge in [0.1, 0.15) is 5.75 Å². The molecule has 33 heavy (non-hydrogen) atoms. The summed E-state index contributed by atoms with van der Waals surface area (Å²) < 4.78 is 8.97. The van der Waals surface area contributed by atoms with Crippen LogP contribution in [0.15, 0.2) is 35.3 Å². The molecule has 2 aliphatic carbocycles. The van der Waals surface area contributed by atoms with Crippen molar-refractivity contribution < 1.29 is 9.53 Å². The predicted octanol–water partition coefficient (Wildman–Crippen LogP) is 3.22. The van der Waals surface area contributed by atoms with Gasteiger partial charge in [-0.1, -0.05) is 6.58 Å². The van der Waals surface area contributed by atoms with Crippen molar-refractivity contribution in [1.82, 2.24) is 18.9 Å². The summed E-state index contributed by atoms with van der Waals surface area (Å²) in [4.78, 5) is 30.5. The number of imidazole rings is 1. The van der Waals surface area contributed by atoms with Gasteiger partial charge in [0.25, 0.3) is 0 Å². The standard InChI is InChI=1S/C26H36N4O3/c1-18(20-8-9-20)28-12-14-29(15-13-28)25(31)21-6-4-19(5-7-21)17-30-24-16-22(33-3)10-11-23(24)27(2)26(30)32/h10-11,16,19-21H,1,4-9,12-15,17H2,2-3H3. The molecule has 2 saturated carbocycles. The lowest BCUT2D eigenvalue weighted by atomic mass is 9.81. The summed E-state index contributed by atoms with van der Waals surface area (Å²) in [6, 6.07) is 5.79. The summed E-state index contributed by atoms with van der Waals surface area (Å²) in [5.41, 5.74) is 3.14. The third kappa shape index (κ3) is 4.30. The highest BCUT2D eigenvalue weighted by atomic mass is 16.5. The van der Waals surface area contributed by atoms with Crippen LogP contribution in [-0.2, 0) is 18.4 Å². The molecule has 0 atom stereocenters. The smallest absolute Gasteiger partial charge is 0.328 e. The Morgan fingerprint density at radius 2 is 1.61 bits per heavy atom. The van der Waals surface area contributed by atoms with Gasteiger partial charge in [-0.2, -0.15) is 0 Å². The number of fused-ring (bicyclic) bond motifs is 1. The minimum atomic E-state index is 0.0158. The molecule has 3 fully saturated rings. The molecular formula is C26H36N4O3. The maximum atomic E-state index is 13.2. The van der Waals surface area contributed by atoms with Crippen LogP contribution in [0.25, 0.3) is 11.0 Å². The average Bonchev–Trinajstić information content (AvgIpc) is 3.68. The van der Waals surface area contributed by atoms with Crippen LogP contribution in [-0.4, -0.2) is 58.1 Å². The van der Waals surface area contributed by atoms with Crippen molar-refractivity contribution in [3.8, 4) is 5.75 Å². The number of benzene rings is 1. The maximum Gasteiger partial charge on any atom is 0.328 e. The van der Waals surface area contributed by atoms with E-state index in [0.717, 1.165) is 68.6 Å². The molecule has 0 N–H and O–H groups in total. The maximum absolute atomic E-state index is 13.2. The minimum absolute atomic E-state index is 0.0158. The summed E-state index contributed by atoms with van der Waals surface area (Å²) in [7, 11) is 3.47. The fraction of sp³-hybridized carbons (Fsp3) is 0.615. The molecule has 2 heterocycles. The number of ether oxygens (including phenoxy) is 1. The van der Waals surface area contributed by atoms with Gasteiger partial charge in [0.2, 0.25) is 5.91 Å². The van der Waals surface area contributed by atoms with E-state index in [1.165, 1.54) is 18.5 Å². The average molecular weight is 453 g/mol. The van der Waals surface area contributed by atoms with Crippen molar-refractivity contribution in [2.24, 2.45) is 24.8 Å². The summed E-state index contributed by atoms with van der Waals surface area (Å²) >= 11 is 0. The number of amides is 1. The number of carbonyl (C=O) groups is 1. The number of piperazine rings is 1. The van der Waals surface area contributed by atoms with Gasteiger partial charge in [-0.05, 0) is 62.5 Å². The highest BCUT2D eigenvalue weighted by Gasteiger charge is 2.34. The number of methoxy groups -OCH3 is 1. The summed E-state index contributed by atoms with van der Waals surface area (Å²) in [5, 5.41) is 0. The van der Waals surface area contributed by atoms with E-state index in [1.807, 2.05) is 29.8 Å². The first kappa shape index (κ1) is 22.1. The van der Waals surface area contributed by atoms with E-state index >= 15 is 0 Å². The van der Waals surface area contributed by atoms with Crippen molar-refractivity contribution in [3.05, 3.63) is 41.0 Å². The first-order valence-electron chi connectivity index (χ1n) is 12.4. The highest BCUT2D eigenvalue weighted by Crippen LogP contribution is 2.38. The van der Waals surface area contributed by atoms with E-state index in [-0.39, 0.29) is 11.6 Å². The highest BCUT2D eigenvalue weighted by molar-refractivity contribution is 5.79. The fourth-order valence-corrected chi connectivity index (χ4v) is 5.69. The molecule has 178 valence electrons. The molecule has 1 saturated heterocycles. The van der Waals surface area contributed by atoms with Crippen LogP contribution < -0.4 is 10.4 Å². The number of rotatable bonds is 6. The molecule has 5 rings (SSSR count). The van der Waals surface area contributed by atoms with E-state index < -0.39 is 0 Å². The van der Waals surface area contributed by atoms with E-state index in [1.54, 1.807) is 11.7 Å². The zero-order chi connectivity index (χ0) is 23.1. The number of allylic oxidation sites excluding steroid dienone is 1. The van der Waals surface area contributed by atoms with E-state index in [9.17, 15) is 9.59 Å². The van der Waals surface area contributed by atoms with Crippen LogP contribution in [0.1, 0.15) is 38.5 Å². The Bertz CT molecular complexity index is 1100. The number of hydrogen-bond donors (Lipinski definition) is 0. The van der Waals surface area contributed by atoms with Gasteiger partial charge in [-0.3, -0.25) is 13.9 Å². The third-order valence-corrected chi connectivity index (χ3v) is 8.04. The molecule has 0 radical (unpaired) electrons. The van der Waals surface area contributed by atoms with E-state index in [2.05, 4.69) is 16.4 Å². The minimum Gasteiger partial charge on any atom is -0.497 e. The fourth-order valence-electron chi connectivity index (χ4n) is 5.69. The Labute approximate surface area is 195 Å². The van der Waals surface area contributed by atoms with Crippen molar-refractivity contribution in [1.29, 1.82) is 0 Å². The number of carbonyl (C=O) groups excluding carboxylic acids is 1. The van der Waals surface area contributed by atoms with Gasteiger partial charge in [0.15, 0.2) is 0 Å². The molecule has 3 aliphatic rings. The second-order valence-electron chi connectivity index (χ2n) is 10.1. The topological polar surface area (TPSA) is 59.7 Å². The molecule has 1 amide bonds. The van der Waals surface area contributed by atoms with Crippen LogP contribution >= 0.6 is 0 Å². The van der Waals surface area contributed by atoms with Gasteiger partial charge in [-0.15, -0.1) is 0 Å². The Hall–Kier alpha value is -2.70. The molecule has 0 unspecified atom stereocenters. The molecule has 2 aromatic rings. The van der Waals surface area contributed by atoms with Gasteiger partial charge in [0.05, 0.1) is 18.1 Å². The molecule has 7 nitrogen and oxygen atoms in total. The number of hydrogen-bond acceptors (Lipinski definition) is 4. The lowest BCUT2D eigenvalue weighted by molar-refractivity contribution is -0.138. The first-order valence-corrected chi connectivity index (χ1v) is 12.4. The quantitative estimate of drug-likeness (QED) is 0.675. The number of nitrogens with zero attached hydrogens (tertiary/aromatic N) is 4. The van der Waals surface area contributed by atoms with Gasteiger partial charge in [-0.25, -0.2) is 4.79 Å². The Balaban J connectivity index is 1.17. The summed E-state index contributed by atoms with van der Waals surface area (Å²) in [5.74, 6) is 2.33. The molecule has 0 bridgehead atoms. The van der Waals surface area contributed by atoms with Crippen molar-refractivity contribution >= 4 is 16.9 Å². The van der Waals surface area contributed by atoms with E-state index in [0.29, 0.717) is 24.3 Å². The number of aryl methyl sites for hydroxylation is 1. The van der Waals surface area contributed by atoms with Gasteiger partial charge >= 0.3 is 5.69 Å². The normalized spacial score (nSPS) is 23.7. The van der Waals surface area contributed by atoms with Gasteiger partial charge < -0.3 is 14.5 Å².